The average molecular weight is 401 g/mol. The summed E-state index contributed by atoms with van der Waals surface area (Å²) in [6.07, 6.45) is 0.0133. The lowest BCUT2D eigenvalue weighted by molar-refractivity contribution is -0.135. The van der Waals surface area contributed by atoms with E-state index in [1.165, 1.54) is 24.3 Å². The highest BCUT2D eigenvalue weighted by atomic mass is 19.1. The Balaban J connectivity index is 1.68. The molecule has 0 radical (unpaired) electrons. The molecule has 2 aliphatic rings. The van der Waals surface area contributed by atoms with E-state index < -0.39 is 24.2 Å². The van der Waals surface area contributed by atoms with Crippen LogP contribution in [-0.4, -0.2) is 35.2 Å². The first kappa shape index (κ1) is 20.1. The van der Waals surface area contributed by atoms with Gasteiger partial charge in [0.05, 0.1) is 18.1 Å². The van der Waals surface area contributed by atoms with Gasteiger partial charge < -0.3 is 15.2 Å². The van der Waals surface area contributed by atoms with Gasteiger partial charge in [-0.25, -0.2) is 8.78 Å². The number of carbonyl (C=O) groups is 1. The summed E-state index contributed by atoms with van der Waals surface area (Å²) in [6, 6.07) is 11.8. The van der Waals surface area contributed by atoms with Crippen LogP contribution in [0.1, 0.15) is 43.4 Å². The maximum Gasteiger partial charge on any atom is 0.139 e. The summed E-state index contributed by atoms with van der Waals surface area (Å²) in [4.78, 5) is 12.7. The van der Waals surface area contributed by atoms with Crippen LogP contribution in [0.3, 0.4) is 0 Å². The van der Waals surface area contributed by atoms with Crippen LogP contribution in [-0.2, 0) is 9.53 Å². The Morgan fingerprint density at radius 3 is 2.14 bits per heavy atom. The minimum absolute atomic E-state index is 0.0452. The van der Waals surface area contributed by atoms with Gasteiger partial charge in [0.2, 0.25) is 0 Å². The number of ether oxygens (including phenoxy) is 1. The molecule has 2 fully saturated rings. The first-order chi connectivity index (χ1) is 14.0. The molecule has 2 saturated heterocycles. The number of ketones is 1. The van der Waals surface area contributed by atoms with E-state index in [0.29, 0.717) is 19.3 Å². The number of rotatable bonds is 6. The van der Waals surface area contributed by atoms with Crippen molar-refractivity contribution in [2.75, 3.05) is 0 Å². The summed E-state index contributed by atoms with van der Waals surface area (Å²) in [5.74, 6) is -1.12. The third-order valence-corrected chi connectivity index (χ3v) is 6.05. The smallest absolute Gasteiger partial charge is 0.139 e. The van der Waals surface area contributed by atoms with E-state index in [9.17, 15) is 18.7 Å². The SMILES string of the molecule is CCC(=O)C1C(OC(c2ccc(F)cc2)c2ccc(F)cc2)CC2CC(O)C1N2. The number of fused-ring (bicyclic) bond motifs is 2. The minimum Gasteiger partial charge on any atom is -0.391 e. The zero-order chi connectivity index (χ0) is 20.5. The van der Waals surface area contributed by atoms with Crippen molar-refractivity contribution in [1.82, 2.24) is 5.32 Å². The van der Waals surface area contributed by atoms with Crippen LogP contribution >= 0.6 is 0 Å². The molecule has 0 saturated carbocycles. The van der Waals surface area contributed by atoms with E-state index in [-0.39, 0.29) is 29.5 Å². The van der Waals surface area contributed by atoms with Gasteiger partial charge in [-0.2, -0.15) is 0 Å². The third-order valence-electron chi connectivity index (χ3n) is 6.05. The van der Waals surface area contributed by atoms with Gasteiger partial charge in [-0.1, -0.05) is 31.2 Å². The first-order valence-corrected chi connectivity index (χ1v) is 10.1. The molecule has 2 N–H and O–H groups in total. The largest absolute Gasteiger partial charge is 0.391 e. The van der Waals surface area contributed by atoms with E-state index in [1.54, 1.807) is 24.3 Å². The normalized spacial score (nSPS) is 28.7. The Bertz CT molecular complexity index is 810. The summed E-state index contributed by atoms with van der Waals surface area (Å²) in [5, 5.41) is 13.8. The monoisotopic (exact) mass is 401 g/mol. The predicted molar refractivity (Wildman–Crippen MR) is 104 cm³/mol. The van der Waals surface area contributed by atoms with E-state index >= 15 is 0 Å². The molecule has 0 aliphatic carbocycles. The topological polar surface area (TPSA) is 58.6 Å². The van der Waals surface area contributed by atoms with Crippen molar-refractivity contribution in [1.29, 1.82) is 0 Å². The minimum atomic E-state index is -0.579. The number of carbonyl (C=O) groups excluding carboxylic acids is 1. The van der Waals surface area contributed by atoms with Crippen molar-refractivity contribution < 1.29 is 23.4 Å². The second-order valence-corrected chi connectivity index (χ2v) is 7.93. The first-order valence-electron chi connectivity index (χ1n) is 10.1. The number of hydrogen-bond acceptors (Lipinski definition) is 4. The van der Waals surface area contributed by atoms with Crippen molar-refractivity contribution in [3.63, 3.8) is 0 Å². The molecule has 0 spiro atoms. The number of halogens is 2. The average Bonchev–Trinajstić information content (AvgIpc) is 3.01. The lowest BCUT2D eigenvalue weighted by atomic mass is 9.83. The molecule has 29 heavy (non-hydrogen) atoms. The van der Waals surface area contributed by atoms with Crippen LogP contribution in [0.4, 0.5) is 8.78 Å². The van der Waals surface area contributed by atoms with Gasteiger partial charge in [-0.3, -0.25) is 4.79 Å². The zero-order valence-corrected chi connectivity index (χ0v) is 16.2. The molecular formula is C23H25F2NO3. The maximum absolute atomic E-state index is 13.5. The number of benzene rings is 2. The van der Waals surface area contributed by atoms with Crippen molar-refractivity contribution in [3.8, 4) is 0 Å². The fraction of sp³-hybridized carbons (Fsp3) is 0.435. The van der Waals surface area contributed by atoms with E-state index in [1.807, 2.05) is 6.92 Å². The second-order valence-electron chi connectivity index (χ2n) is 7.93. The molecule has 4 rings (SSSR count). The van der Waals surface area contributed by atoms with Crippen LogP contribution in [0.2, 0.25) is 0 Å². The Labute approximate surface area is 168 Å². The summed E-state index contributed by atoms with van der Waals surface area (Å²) in [5.41, 5.74) is 1.46. The number of piperidine rings is 1. The molecule has 5 unspecified atom stereocenters. The Hall–Kier alpha value is -2.15. The Morgan fingerprint density at radius 2 is 1.62 bits per heavy atom. The standard InChI is InChI=1S/C23H25F2NO3/c1-2-18(27)21-20(12-17-11-19(28)22(21)26-17)29-23(13-3-7-15(24)8-4-13)14-5-9-16(25)10-6-14/h3-10,17,19-23,26,28H,2,11-12H2,1H3. The molecule has 2 heterocycles. The van der Waals surface area contributed by atoms with Crippen LogP contribution in [0.15, 0.2) is 48.5 Å². The predicted octanol–water partition coefficient (Wildman–Crippen LogP) is 3.53. The Kier molecular flexibility index (Phi) is 5.76. The molecule has 6 heteroatoms. The molecule has 0 aromatic heterocycles. The number of aliphatic hydroxyl groups is 1. The van der Waals surface area contributed by atoms with Gasteiger partial charge in [0, 0.05) is 18.5 Å². The van der Waals surface area contributed by atoms with Gasteiger partial charge in [0.1, 0.15) is 23.5 Å². The van der Waals surface area contributed by atoms with Crippen molar-refractivity contribution >= 4 is 5.78 Å². The number of nitrogens with one attached hydrogen (secondary N) is 1. The summed E-state index contributed by atoms with van der Waals surface area (Å²) >= 11 is 0. The van der Waals surface area contributed by atoms with E-state index in [2.05, 4.69) is 5.32 Å². The number of Topliss-reactive ketones (excluding diaryl/α,β-unsaturated/α-hetero) is 1. The van der Waals surface area contributed by atoms with Crippen molar-refractivity contribution in [2.24, 2.45) is 5.92 Å². The van der Waals surface area contributed by atoms with Crippen LogP contribution in [0.25, 0.3) is 0 Å². The zero-order valence-electron chi connectivity index (χ0n) is 16.2. The van der Waals surface area contributed by atoms with Crippen LogP contribution in [0.5, 0.6) is 0 Å². The summed E-state index contributed by atoms with van der Waals surface area (Å²) in [6.45, 7) is 1.81. The molecule has 5 atom stereocenters. The number of hydrogen-bond donors (Lipinski definition) is 2. The molecule has 2 aromatic rings. The highest BCUT2D eigenvalue weighted by Crippen LogP contribution is 2.39. The van der Waals surface area contributed by atoms with Crippen LogP contribution < -0.4 is 5.32 Å². The van der Waals surface area contributed by atoms with Gasteiger partial charge in [-0.05, 0) is 48.2 Å². The van der Waals surface area contributed by atoms with Crippen molar-refractivity contribution in [3.05, 3.63) is 71.3 Å². The summed E-state index contributed by atoms with van der Waals surface area (Å²) in [7, 11) is 0. The molecule has 154 valence electrons. The summed E-state index contributed by atoms with van der Waals surface area (Å²) < 4.78 is 33.4. The van der Waals surface area contributed by atoms with Gasteiger partial charge in [-0.15, -0.1) is 0 Å². The second kappa shape index (κ2) is 8.30. The molecule has 2 aromatic carbocycles. The molecule has 4 nitrogen and oxygen atoms in total. The number of aliphatic hydroxyl groups excluding tert-OH is 1. The van der Waals surface area contributed by atoms with Gasteiger partial charge >= 0.3 is 0 Å². The van der Waals surface area contributed by atoms with Gasteiger partial charge in [0.25, 0.3) is 0 Å². The van der Waals surface area contributed by atoms with Gasteiger partial charge in [0.15, 0.2) is 0 Å². The Morgan fingerprint density at radius 1 is 1.07 bits per heavy atom. The maximum atomic E-state index is 13.5. The lowest BCUT2D eigenvalue weighted by Gasteiger charge is -2.39. The molecule has 2 bridgehead atoms. The quantitative estimate of drug-likeness (QED) is 0.778. The fourth-order valence-corrected chi connectivity index (χ4v) is 4.64. The molecule has 0 amide bonds. The van der Waals surface area contributed by atoms with Crippen LogP contribution in [0, 0.1) is 17.6 Å². The highest BCUT2D eigenvalue weighted by molar-refractivity contribution is 5.82. The lowest BCUT2D eigenvalue weighted by Crippen LogP contribution is -2.54. The third kappa shape index (κ3) is 4.10. The molecule has 2 aliphatic heterocycles. The highest BCUT2D eigenvalue weighted by Gasteiger charge is 2.50. The fourth-order valence-electron chi connectivity index (χ4n) is 4.64. The van der Waals surface area contributed by atoms with E-state index in [0.717, 1.165) is 11.1 Å². The van der Waals surface area contributed by atoms with E-state index in [4.69, 9.17) is 4.74 Å². The van der Waals surface area contributed by atoms with Crippen molar-refractivity contribution in [2.45, 2.75) is 56.6 Å². The molecular weight excluding hydrogens is 376 g/mol.